The molecule has 0 spiro atoms. The summed E-state index contributed by atoms with van der Waals surface area (Å²) in [7, 11) is -3.62. The second-order valence-electron chi connectivity index (χ2n) is 6.76. The highest BCUT2D eigenvalue weighted by atomic mass is 32.2. The molecule has 8 heteroatoms. The van der Waals surface area contributed by atoms with Gasteiger partial charge < -0.3 is 10.1 Å². The number of ether oxygens (including phenoxy) is 1. The Morgan fingerprint density at radius 1 is 1.07 bits per heavy atom. The number of thioether (sulfide) groups is 1. The van der Waals surface area contributed by atoms with Gasteiger partial charge in [-0.15, -0.1) is 11.8 Å². The van der Waals surface area contributed by atoms with Crippen LogP contribution in [0.5, 0.6) is 0 Å². The molecule has 150 valence electrons. The minimum absolute atomic E-state index is 0.153. The molecular formula is C20H24N2O4S2. The van der Waals surface area contributed by atoms with Gasteiger partial charge in [-0.25, -0.2) is 8.42 Å². The van der Waals surface area contributed by atoms with Crippen molar-refractivity contribution in [1.82, 2.24) is 4.31 Å². The maximum absolute atomic E-state index is 12.9. The molecule has 3 rings (SSSR count). The molecule has 0 aliphatic carbocycles. The van der Waals surface area contributed by atoms with Crippen LogP contribution in [0.2, 0.25) is 0 Å². The molecule has 28 heavy (non-hydrogen) atoms. The Kier molecular flexibility index (Phi) is 6.44. The number of rotatable bonds is 5. The SMILES string of the molecule is CSc1ccccc1NC(=O)c1ccc(S(=O)(=O)N2C[C@@H](C)O[C@H](C)C2)cc1. The Morgan fingerprint density at radius 3 is 2.29 bits per heavy atom. The van der Waals surface area contributed by atoms with Gasteiger partial charge in [-0.05, 0) is 56.5 Å². The largest absolute Gasteiger partial charge is 0.373 e. The number of benzene rings is 2. The smallest absolute Gasteiger partial charge is 0.255 e. The Morgan fingerprint density at radius 2 is 1.68 bits per heavy atom. The third-order valence-corrected chi connectivity index (χ3v) is 7.14. The topological polar surface area (TPSA) is 75.7 Å². The molecule has 1 fully saturated rings. The third kappa shape index (κ3) is 4.57. The van der Waals surface area contributed by atoms with E-state index in [1.807, 2.05) is 44.4 Å². The number of amides is 1. The Labute approximate surface area is 170 Å². The van der Waals surface area contributed by atoms with Crippen LogP contribution in [0, 0.1) is 0 Å². The van der Waals surface area contributed by atoms with Crippen LogP contribution >= 0.6 is 11.8 Å². The van der Waals surface area contributed by atoms with E-state index in [1.165, 1.54) is 28.6 Å². The number of hydrogen-bond donors (Lipinski definition) is 1. The summed E-state index contributed by atoms with van der Waals surface area (Å²) < 4.78 is 32.9. The van der Waals surface area contributed by atoms with E-state index in [9.17, 15) is 13.2 Å². The zero-order chi connectivity index (χ0) is 20.3. The molecule has 0 unspecified atom stereocenters. The number of nitrogens with one attached hydrogen (secondary N) is 1. The third-order valence-electron chi connectivity index (χ3n) is 4.50. The van der Waals surface area contributed by atoms with Gasteiger partial charge in [0.05, 0.1) is 22.8 Å². The molecule has 0 aromatic heterocycles. The van der Waals surface area contributed by atoms with E-state index in [4.69, 9.17) is 4.74 Å². The van der Waals surface area contributed by atoms with E-state index in [-0.39, 0.29) is 23.0 Å². The number of sulfonamides is 1. The minimum Gasteiger partial charge on any atom is -0.373 e. The summed E-state index contributed by atoms with van der Waals surface area (Å²) in [6, 6.07) is 13.6. The molecule has 1 heterocycles. The van der Waals surface area contributed by atoms with Gasteiger partial charge in [-0.3, -0.25) is 4.79 Å². The Bertz CT molecular complexity index is 935. The first-order valence-corrected chi connectivity index (χ1v) is 11.7. The summed E-state index contributed by atoms with van der Waals surface area (Å²) in [5.41, 5.74) is 1.13. The predicted molar refractivity (Wildman–Crippen MR) is 111 cm³/mol. The van der Waals surface area contributed by atoms with Crippen molar-refractivity contribution < 1.29 is 17.9 Å². The van der Waals surface area contributed by atoms with Crippen LogP contribution in [0.15, 0.2) is 58.3 Å². The lowest BCUT2D eigenvalue weighted by atomic mass is 10.2. The van der Waals surface area contributed by atoms with Gasteiger partial charge in [0.2, 0.25) is 10.0 Å². The molecule has 1 saturated heterocycles. The van der Waals surface area contributed by atoms with Crippen molar-refractivity contribution in [3.05, 3.63) is 54.1 Å². The van der Waals surface area contributed by atoms with Crippen LogP contribution in [-0.4, -0.2) is 50.2 Å². The molecule has 2 aromatic carbocycles. The minimum atomic E-state index is -3.62. The average Bonchev–Trinajstić information content (AvgIpc) is 2.67. The molecule has 1 N–H and O–H groups in total. The van der Waals surface area contributed by atoms with Crippen LogP contribution in [0.3, 0.4) is 0 Å². The number of hydrogen-bond acceptors (Lipinski definition) is 5. The number of morpholine rings is 1. The lowest BCUT2D eigenvalue weighted by Gasteiger charge is -2.34. The highest BCUT2D eigenvalue weighted by Crippen LogP contribution is 2.26. The Balaban J connectivity index is 1.76. The fraction of sp³-hybridized carbons (Fsp3) is 0.350. The van der Waals surface area contributed by atoms with Gasteiger partial charge in [0.25, 0.3) is 5.91 Å². The number of anilines is 1. The highest BCUT2D eigenvalue weighted by Gasteiger charge is 2.32. The van der Waals surface area contributed by atoms with Crippen LogP contribution in [0.4, 0.5) is 5.69 Å². The van der Waals surface area contributed by atoms with Gasteiger partial charge in [-0.2, -0.15) is 4.31 Å². The quantitative estimate of drug-likeness (QED) is 0.750. The molecule has 1 amide bonds. The lowest BCUT2D eigenvalue weighted by Crippen LogP contribution is -2.48. The van der Waals surface area contributed by atoms with Crippen molar-refractivity contribution in [3.63, 3.8) is 0 Å². The molecule has 2 aromatic rings. The van der Waals surface area contributed by atoms with Crippen molar-refractivity contribution in [1.29, 1.82) is 0 Å². The first-order valence-electron chi connectivity index (χ1n) is 9.01. The summed E-state index contributed by atoms with van der Waals surface area (Å²) in [6.45, 7) is 4.36. The number of carbonyl (C=O) groups is 1. The van der Waals surface area contributed by atoms with Crippen LogP contribution in [-0.2, 0) is 14.8 Å². The fourth-order valence-electron chi connectivity index (χ4n) is 3.20. The molecule has 6 nitrogen and oxygen atoms in total. The van der Waals surface area contributed by atoms with E-state index >= 15 is 0 Å². The van der Waals surface area contributed by atoms with E-state index in [2.05, 4.69) is 5.32 Å². The van der Waals surface area contributed by atoms with Crippen molar-refractivity contribution in [2.24, 2.45) is 0 Å². The summed E-state index contributed by atoms with van der Waals surface area (Å²) >= 11 is 1.54. The maximum atomic E-state index is 12.9. The second kappa shape index (κ2) is 8.65. The van der Waals surface area contributed by atoms with Gasteiger partial charge in [-0.1, -0.05) is 12.1 Å². The monoisotopic (exact) mass is 420 g/mol. The highest BCUT2D eigenvalue weighted by molar-refractivity contribution is 7.98. The molecule has 0 bridgehead atoms. The van der Waals surface area contributed by atoms with Gasteiger partial charge in [0.15, 0.2) is 0 Å². The maximum Gasteiger partial charge on any atom is 0.255 e. The summed E-state index contributed by atoms with van der Waals surface area (Å²) in [5, 5.41) is 2.87. The number of para-hydroxylation sites is 1. The van der Waals surface area contributed by atoms with E-state index in [0.717, 1.165) is 10.6 Å². The molecular weight excluding hydrogens is 396 g/mol. The number of carbonyl (C=O) groups excluding carboxylic acids is 1. The van der Waals surface area contributed by atoms with Gasteiger partial charge in [0, 0.05) is 23.5 Å². The fourth-order valence-corrected chi connectivity index (χ4v) is 5.34. The first-order chi connectivity index (χ1) is 13.3. The van der Waals surface area contributed by atoms with E-state index in [1.54, 1.807) is 11.8 Å². The standard InChI is InChI=1S/C20H24N2O4S2/c1-14-12-22(13-15(2)26-14)28(24,25)17-10-8-16(9-11-17)20(23)21-18-6-4-5-7-19(18)27-3/h4-11,14-15H,12-13H2,1-3H3,(H,21,23)/t14-,15-/m1/s1. The summed E-state index contributed by atoms with van der Waals surface area (Å²) in [4.78, 5) is 13.7. The second-order valence-corrected chi connectivity index (χ2v) is 9.54. The van der Waals surface area contributed by atoms with Gasteiger partial charge >= 0.3 is 0 Å². The van der Waals surface area contributed by atoms with Crippen molar-refractivity contribution in [2.45, 2.75) is 35.8 Å². The van der Waals surface area contributed by atoms with Crippen LogP contribution in [0.1, 0.15) is 24.2 Å². The van der Waals surface area contributed by atoms with Crippen LogP contribution < -0.4 is 5.32 Å². The number of nitrogens with zero attached hydrogens (tertiary/aromatic N) is 1. The predicted octanol–water partition coefficient (Wildman–Crippen LogP) is 3.46. The molecule has 1 aliphatic rings. The molecule has 2 atom stereocenters. The molecule has 1 aliphatic heterocycles. The zero-order valence-electron chi connectivity index (χ0n) is 16.1. The molecule has 0 saturated carbocycles. The van der Waals surface area contributed by atoms with Crippen LogP contribution in [0.25, 0.3) is 0 Å². The Hall–Kier alpha value is -1.87. The van der Waals surface area contributed by atoms with Crippen molar-refractivity contribution in [2.75, 3.05) is 24.7 Å². The normalized spacial score (nSPS) is 20.7. The average molecular weight is 421 g/mol. The van der Waals surface area contributed by atoms with E-state index < -0.39 is 10.0 Å². The summed E-state index contributed by atoms with van der Waals surface area (Å²) in [6.07, 6.45) is 1.64. The zero-order valence-corrected chi connectivity index (χ0v) is 17.7. The van der Waals surface area contributed by atoms with E-state index in [0.29, 0.717) is 18.7 Å². The van der Waals surface area contributed by atoms with Crippen molar-refractivity contribution >= 4 is 33.4 Å². The lowest BCUT2D eigenvalue weighted by molar-refractivity contribution is -0.0440. The summed E-state index contributed by atoms with van der Waals surface area (Å²) in [5.74, 6) is -0.279. The molecule has 0 radical (unpaired) electrons. The van der Waals surface area contributed by atoms with Gasteiger partial charge in [0.1, 0.15) is 0 Å². The van der Waals surface area contributed by atoms with Crippen molar-refractivity contribution in [3.8, 4) is 0 Å². The first kappa shape index (κ1) is 20.9.